The average Bonchev–Trinajstić information content (AvgIpc) is 2.69. The summed E-state index contributed by atoms with van der Waals surface area (Å²) in [4.78, 5) is 55.7. The topological polar surface area (TPSA) is 81.2 Å². The Morgan fingerprint density at radius 1 is 0.500 bits per heavy atom. The first-order valence-electron chi connectivity index (χ1n) is 7.99. The van der Waals surface area contributed by atoms with E-state index in [9.17, 15) is 19.2 Å². The lowest BCUT2D eigenvalue weighted by atomic mass is 9.97. The Morgan fingerprint density at radius 2 is 0.962 bits per heavy atom. The molecule has 0 saturated heterocycles. The quantitative estimate of drug-likeness (QED) is 0.318. The standard InChI is InChI=1S/C21H9NO4/c23-18-10-5-1-2-6-11(10)19(24)15-14(18)9-22-17-16(15)20(25)12-7-3-4-8-13(12)21(17)26/h1-9H. The van der Waals surface area contributed by atoms with Gasteiger partial charge in [0.05, 0.1) is 10.8 Å². The smallest absolute Gasteiger partial charge is 0.212 e. The Labute approximate surface area is 144 Å². The molecule has 0 spiro atoms. The van der Waals surface area contributed by atoms with Gasteiger partial charge in [-0.05, 0) is 0 Å². The second-order valence-electron chi connectivity index (χ2n) is 6.18. The molecule has 5 heteroatoms. The molecule has 5 aromatic rings. The summed E-state index contributed by atoms with van der Waals surface area (Å²) in [5, 5.41) is 0.963. The molecule has 1 aromatic heterocycles. The minimum Gasteiger partial charge on any atom is -0.289 e. The average molecular weight is 339 g/mol. The van der Waals surface area contributed by atoms with Gasteiger partial charge in [0.25, 0.3) is 0 Å². The van der Waals surface area contributed by atoms with Gasteiger partial charge >= 0.3 is 0 Å². The summed E-state index contributed by atoms with van der Waals surface area (Å²) in [5.74, 6) is 0. The molecule has 5 rings (SSSR count). The first-order chi connectivity index (χ1) is 12.6. The lowest BCUT2D eigenvalue weighted by Crippen LogP contribution is -2.20. The van der Waals surface area contributed by atoms with Gasteiger partial charge in [0.15, 0.2) is 16.3 Å². The van der Waals surface area contributed by atoms with Crippen molar-refractivity contribution in [3.63, 3.8) is 0 Å². The maximum atomic E-state index is 13.0. The highest BCUT2D eigenvalue weighted by Crippen LogP contribution is 2.19. The van der Waals surface area contributed by atoms with E-state index in [4.69, 9.17) is 0 Å². The molecular formula is C21H9NO4. The molecule has 0 aliphatic heterocycles. The van der Waals surface area contributed by atoms with Crippen molar-refractivity contribution in [3.05, 3.63) is 95.6 Å². The van der Waals surface area contributed by atoms with Crippen molar-refractivity contribution < 1.29 is 0 Å². The van der Waals surface area contributed by atoms with Crippen LogP contribution in [0, 0.1) is 0 Å². The van der Waals surface area contributed by atoms with Crippen LogP contribution in [0.2, 0.25) is 0 Å². The summed E-state index contributed by atoms with van der Waals surface area (Å²) >= 11 is 0. The summed E-state index contributed by atoms with van der Waals surface area (Å²) in [6, 6.07) is 12.9. The van der Waals surface area contributed by atoms with Gasteiger partial charge in [0.2, 0.25) is 5.43 Å². The fourth-order valence-electron chi connectivity index (χ4n) is 3.61. The van der Waals surface area contributed by atoms with E-state index < -0.39 is 16.3 Å². The highest BCUT2D eigenvalue weighted by molar-refractivity contribution is 6.13. The van der Waals surface area contributed by atoms with Crippen LogP contribution < -0.4 is 21.7 Å². The molecule has 4 aromatic carbocycles. The normalized spacial score (nSPS) is 11.7. The molecule has 1 heterocycles. The van der Waals surface area contributed by atoms with Gasteiger partial charge in [-0.1, -0.05) is 48.5 Å². The third-order valence-electron chi connectivity index (χ3n) is 4.83. The zero-order valence-electron chi connectivity index (χ0n) is 13.3. The van der Waals surface area contributed by atoms with Crippen LogP contribution in [0.4, 0.5) is 0 Å². The van der Waals surface area contributed by atoms with E-state index in [-0.39, 0.29) is 48.6 Å². The molecule has 0 saturated carbocycles. The van der Waals surface area contributed by atoms with E-state index in [1.165, 1.54) is 6.20 Å². The number of pyridine rings is 1. The maximum absolute atomic E-state index is 13.0. The minimum absolute atomic E-state index is 0.0217. The summed E-state index contributed by atoms with van der Waals surface area (Å²) in [6.45, 7) is 0. The van der Waals surface area contributed by atoms with E-state index in [0.717, 1.165) is 0 Å². The van der Waals surface area contributed by atoms with Gasteiger partial charge in [0, 0.05) is 33.1 Å². The molecule has 0 bridgehead atoms. The predicted molar refractivity (Wildman–Crippen MR) is 102 cm³/mol. The lowest BCUT2D eigenvalue weighted by Gasteiger charge is -2.05. The molecule has 0 fully saturated rings. The molecule has 0 atom stereocenters. The minimum atomic E-state index is -0.458. The van der Waals surface area contributed by atoms with Crippen molar-refractivity contribution in [3.8, 4) is 0 Å². The van der Waals surface area contributed by atoms with E-state index in [1.807, 2.05) is 0 Å². The van der Waals surface area contributed by atoms with Gasteiger partial charge in [-0.25, -0.2) is 0 Å². The molecule has 0 unspecified atom stereocenters. The number of hydrogen-bond donors (Lipinski definition) is 0. The monoisotopic (exact) mass is 339 g/mol. The van der Waals surface area contributed by atoms with E-state index >= 15 is 0 Å². The van der Waals surface area contributed by atoms with Gasteiger partial charge in [-0.15, -0.1) is 0 Å². The molecular weight excluding hydrogens is 330 g/mol. The van der Waals surface area contributed by atoms with Crippen LogP contribution in [0.15, 0.2) is 73.9 Å². The molecule has 122 valence electrons. The number of hydrogen-bond acceptors (Lipinski definition) is 5. The van der Waals surface area contributed by atoms with Crippen molar-refractivity contribution >= 4 is 43.2 Å². The van der Waals surface area contributed by atoms with E-state index in [2.05, 4.69) is 4.98 Å². The summed E-state index contributed by atoms with van der Waals surface area (Å²) in [6.07, 6.45) is 1.23. The summed E-state index contributed by atoms with van der Waals surface area (Å²) in [5.41, 5.74) is -1.76. The SMILES string of the molecule is O=c1c2ccccc2c(=O)c2c1cnc1c(=O)c3ccccc3c(=O)c12. The Balaban J connectivity index is 2.25. The zero-order chi connectivity index (χ0) is 18.0. The first-order valence-corrected chi connectivity index (χ1v) is 7.99. The van der Waals surface area contributed by atoms with Crippen LogP contribution in [0.5, 0.6) is 0 Å². The third-order valence-corrected chi connectivity index (χ3v) is 4.83. The zero-order valence-corrected chi connectivity index (χ0v) is 13.3. The molecule has 0 aliphatic carbocycles. The Kier molecular flexibility index (Phi) is 2.75. The Hall–Kier alpha value is -3.73. The van der Waals surface area contributed by atoms with Crippen LogP contribution >= 0.6 is 0 Å². The van der Waals surface area contributed by atoms with Crippen LogP contribution in [0.1, 0.15) is 0 Å². The number of nitrogens with zero attached hydrogens (tertiary/aromatic N) is 1. The second-order valence-corrected chi connectivity index (χ2v) is 6.18. The van der Waals surface area contributed by atoms with Crippen molar-refractivity contribution in [1.82, 2.24) is 4.98 Å². The Bertz CT molecular complexity index is 1490. The van der Waals surface area contributed by atoms with E-state index in [0.29, 0.717) is 0 Å². The fraction of sp³-hybridized carbons (Fsp3) is 0. The van der Waals surface area contributed by atoms with E-state index in [1.54, 1.807) is 48.5 Å². The van der Waals surface area contributed by atoms with Crippen molar-refractivity contribution in [1.29, 1.82) is 0 Å². The molecule has 26 heavy (non-hydrogen) atoms. The largest absolute Gasteiger partial charge is 0.289 e. The molecule has 0 radical (unpaired) electrons. The van der Waals surface area contributed by atoms with Crippen LogP contribution in [-0.2, 0) is 0 Å². The maximum Gasteiger partial charge on any atom is 0.212 e. The van der Waals surface area contributed by atoms with Crippen LogP contribution in [0.25, 0.3) is 43.2 Å². The fourth-order valence-corrected chi connectivity index (χ4v) is 3.61. The van der Waals surface area contributed by atoms with Gasteiger partial charge in [-0.3, -0.25) is 24.2 Å². The number of aromatic nitrogens is 1. The summed E-state index contributed by atoms with van der Waals surface area (Å²) < 4.78 is 0. The van der Waals surface area contributed by atoms with Gasteiger partial charge < -0.3 is 0 Å². The number of rotatable bonds is 0. The Morgan fingerprint density at radius 3 is 1.54 bits per heavy atom. The van der Waals surface area contributed by atoms with Gasteiger partial charge in [0.1, 0.15) is 5.52 Å². The third kappa shape index (κ3) is 1.66. The highest BCUT2D eigenvalue weighted by Gasteiger charge is 2.19. The first kappa shape index (κ1) is 14.6. The van der Waals surface area contributed by atoms with Crippen LogP contribution in [-0.4, -0.2) is 4.98 Å². The van der Waals surface area contributed by atoms with Crippen molar-refractivity contribution in [2.75, 3.05) is 0 Å². The molecule has 0 N–H and O–H groups in total. The van der Waals surface area contributed by atoms with Gasteiger partial charge in [-0.2, -0.15) is 0 Å². The number of benzene rings is 4. The van der Waals surface area contributed by atoms with Crippen molar-refractivity contribution in [2.24, 2.45) is 0 Å². The lowest BCUT2D eigenvalue weighted by molar-refractivity contribution is 1.42. The highest BCUT2D eigenvalue weighted by atomic mass is 16.1. The molecule has 0 amide bonds. The molecule has 5 nitrogen and oxygen atoms in total. The predicted octanol–water partition coefficient (Wildman–Crippen LogP) is 2.01. The number of fused-ring (bicyclic) bond motifs is 5. The van der Waals surface area contributed by atoms with Crippen LogP contribution in [0.3, 0.4) is 0 Å². The second kappa shape index (κ2) is 4.89. The molecule has 0 aliphatic rings. The van der Waals surface area contributed by atoms with Crippen molar-refractivity contribution in [2.45, 2.75) is 0 Å². The summed E-state index contributed by atoms with van der Waals surface area (Å²) in [7, 11) is 0.